The Morgan fingerprint density at radius 1 is 1.23 bits per heavy atom. The van der Waals surface area contributed by atoms with E-state index in [0.29, 0.717) is 16.8 Å². The summed E-state index contributed by atoms with van der Waals surface area (Å²) >= 11 is 0. The van der Waals surface area contributed by atoms with Crippen molar-refractivity contribution in [2.75, 3.05) is 0 Å². The van der Waals surface area contributed by atoms with Crippen molar-refractivity contribution < 1.29 is 24.8 Å². The first-order chi connectivity index (χ1) is 10.6. The number of aliphatic hydroxyl groups is 1. The fourth-order valence-corrected chi connectivity index (χ4v) is 1.96. The second kappa shape index (κ2) is 6.76. The zero-order valence-corrected chi connectivity index (χ0v) is 11.5. The minimum Gasteiger partial charge on any atom is -0.478 e. The van der Waals surface area contributed by atoms with E-state index in [-0.39, 0.29) is 31.0 Å². The van der Waals surface area contributed by atoms with Crippen LogP contribution >= 0.6 is 0 Å². The van der Waals surface area contributed by atoms with Gasteiger partial charge in [-0.1, -0.05) is 6.07 Å². The van der Waals surface area contributed by atoms with Gasteiger partial charge >= 0.3 is 13.5 Å². The number of rotatable bonds is 5. The van der Waals surface area contributed by atoms with Gasteiger partial charge < -0.3 is 20.0 Å². The average molecular weight is 297 g/mol. The van der Waals surface area contributed by atoms with Crippen molar-refractivity contribution >= 4 is 18.9 Å². The highest BCUT2D eigenvalue weighted by atomic mass is 16.5. The largest absolute Gasteiger partial charge is 0.478 e. The smallest absolute Gasteiger partial charge is 0.337 e. The number of benzene rings is 2. The van der Waals surface area contributed by atoms with Crippen molar-refractivity contribution in [3.8, 4) is 17.6 Å². The van der Waals surface area contributed by atoms with Gasteiger partial charge in [0.05, 0.1) is 17.7 Å². The van der Waals surface area contributed by atoms with Crippen molar-refractivity contribution in [1.82, 2.24) is 0 Å². The molecule has 0 fully saturated rings. The van der Waals surface area contributed by atoms with Gasteiger partial charge in [0.25, 0.3) is 0 Å². The van der Waals surface area contributed by atoms with Crippen molar-refractivity contribution in [3.05, 3.63) is 53.1 Å². The predicted octanol–water partition coefficient (Wildman–Crippen LogP) is 0.510. The van der Waals surface area contributed by atoms with E-state index in [9.17, 15) is 9.90 Å². The molecule has 0 saturated heterocycles. The zero-order chi connectivity index (χ0) is 16.1. The van der Waals surface area contributed by atoms with Crippen LogP contribution in [0.3, 0.4) is 0 Å². The molecular formula is C15H12BNO5. The number of carbonyl (C=O) groups is 1. The third-order valence-electron chi connectivity index (χ3n) is 3.10. The number of carboxylic acids is 1. The first-order valence-electron chi connectivity index (χ1n) is 6.38. The van der Waals surface area contributed by atoms with Gasteiger partial charge in [0.2, 0.25) is 0 Å². The predicted molar refractivity (Wildman–Crippen MR) is 79.6 cm³/mol. The highest BCUT2D eigenvalue weighted by Crippen LogP contribution is 2.24. The van der Waals surface area contributed by atoms with E-state index in [1.165, 1.54) is 18.2 Å². The maximum atomic E-state index is 11.1. The molecule has 110 valence electrons. The van der Waals surface area contributed by atoms with Crippen LogP contribution in [-0.2, 0) is 6.61 Å². The molecular weight excluding hydrogens is 285 g/mol. The fourth-order valence-electron chi connectivity index (χ4n) is 1.96. The molecule has 0 unspecified atom stereocenters. The average Bonchev–Trinajstić information content (AvgIpc) is 2.54. The summed E-state index contributed by atoms with van der Waals surface area (Å²) in [5.74, 6) is -0.562. The van der Waals surface area contributed by atoms with Crippen molar-refractivity contribution in [2.24, 2.45) is 0 Å². The van der Waals surface area contributed by atoms with E-state index in [4.69, 9.17) is 20.1 Å². The highest BCUT2D eigenvalue weighted by molar-refractivity contribution is 6.46. The van der Waals surface area contributed by atoms with E-state index in [1.807, 2.05) is 0 Å². The van der Waals surface area contributed by atoms with E-state index < -0.39 is 5.97 Å². The quantitative estimate of drug-likeness (QED) is 0.693. The van der Waals surface area contributed by atoms with Gasteiger partial charge in [0.15, 0.2) is 0 Å². The van der Waals surface area contributed by atoms with Gasteiger partial charge in [-0.25, -0.2) is 4.79 Å². The summed E-state index contributed by atoms with van der Waals surface area (Å²) in [6.45, 7) is -0.249. The van der Waals surface area contributed by atoms with Crippen molar-refractivity contribution in [3.63, 3.8) is 0 Å². The lowest BCUT2D eigenvalue weighted by Crippen LogP contribution is -2.18. The summed E-state index contributed by atoms with van der Waals surface area (Å²) in [6.07, 6.45) is 0. The molecule has 0 aliphatic rings. The molecule has 0 atom stereocenters. The Bertz CT molecular complexity index is 754. The SMILES string of the molecule is N#Cc1ccc(Oc2ccc(BO)c(CO)c2)cc1C(=O)O. The second-order valence-corrected chi connectivity index (χ2v) is 4.47. The van der Waals surface area contributed by atoms with Crippen LogP contribution in [0.1, 0.15) is 21.5 Å². The molecule has 0 heterocycles. The summed E-state index contributed by atoms with van der Waals surface area (Å²) in [5.41, 5.74) is 1.01. The number of nitrogens with zero attached hydrogens (tertiary/aromatic N) is 1. The van der Waals surface area contributed by atoms with Gasteiger partial charge in [-0.2, -0.15) is 5.26 Å². The molecule has 0 radical (unpaired) electrons. The number of hydrogen-bond donors (Lipinski definition) is 3. The molecule has 3 N–H and O–H groups in total. The molecule has 7 heteroatoms. The molecule has 6 nitrogen and oxygen atoms in total. The van der Waals surface area contributed by atoms with Gasteiger partial charge in [0.1, 0.15) is 17.6 Å². The zero-order valence-electron chi connectivity index (χ0n) is 11.5. The molecule has 0 aliphatic heterocycles. The highest BCUT2D eigenvalue weighted by Gasteiger charge is 2.12. The molecule has 2 rings (SSSR count). The molecule has 0 aromatic heterocycles. The summed E-state index contributed by atoms with van der Waals surface area (Å²) < 4.78 is 5.55. The van der Waals surface area contributed by atoms with Crippen LogP contribution in [-0.4, -0.2) is 28.7 Å². The van der Waals surface area contributed by atoms with Gasteiger partial charge in [-0.15, -0.1) is 0 Å². The van der Waals surface area contributed by atoms with Gasteiger partial charge in [-0.3, -0.25) is 0 Å². The van der Waals surface area contributed by atoms with Crippen molar-refractivity contribution in [1.29, 1.82) is 5.26 Å². The first-order valence-corrected chi connectivity index (χ1v) is 6.38. The van der Waals surface area contributed by atoms with Crippen LogP contribution in [0.25, 0.3) is 0 Å². The van der Waals surface area contributed by atoms with Gasteiger partial charge in [0, 0.05) is 0 Å². The third-order valence-corrected chi connectivity index (χ3v) is 3.10. The number of nitriles is 1. The van der Waals surface area contributed by atoms with Gasteiger partial charge in [-0.05, 0) is 41.4 Å². The van der Waals surface area contributed by atoms with Crippen LogP contribution in [0.5, 0.6) is 11.5 Å². The Kier molecular flexibility index (Phi) is 4.78. The molecule has 0 amide bonds. The van der Waals surface area contributed by atoms with E-state index in [2.05, 4.69) is 0 Å². The molecule has 0 spiro atoms. The Labute approximate surface area is 127 Å². The molecule has 2 aromatic carbocycles. The first kappa shape index (κ1) is 15.6. The summed E-state index contributed by atoms with van der Waals surface area (Å²) in [5, 5.41) is 36.3. The lowest BCUT2D eigenvalue weighted by molar-refractivity contribution is 0.0696. The number of carboxylic acid groups (broad SMARTS) is 1. The molecule has 0 saturated carbocycles. The summed E-state index contributed by atoms with van der Waals surface area (Å²) in [4.78, 5) is 11.1. The minimum atomic E-state index is -1.21. The standard InChI is InChI=1S/C15H12BNO5/c17-7-9-1-2-12(6-13(9)15(19)20)22-11-3-4-14(16-21)10(5-11)8-18/h1-6,16,18,21H,8H2,(H,19,20). The molecule has 0 bridgehead atoms. The normalized spacial score (nSPS) is 9.86. The van der Waals surface area contributed by atoms with E-state index in [0.717, 1.165) is 0 Å². The van der Waals surface area contributed by atoms with E-state index >= 15 is 0 Å². The molecule has 0 aliphatic carbocycles. The monoisotopic (exact) mass is 297 g/mol. The fraction of sp³-hybridized carbons (Fsp3) is 0.0667. The van der Waals surface area contributed by atoms with Crippen LogP contribution < -0.4 is 10.2 Å². The second-order valence-electron chi connectivity index (χ2n) is 4.47. The number of hydrogen-bond acceptors (Lipinski definition) is 5. The summed E-state index contributed by atoms with van der Waals surface area (Å²) in [7, 11) is -0.198. The van der Waals surface area contributed by atoms with Crippen LogP contribution in [0.4, 0.5) is 0 Å². The van der Waals surface area contributed by atoms with Crippen LogP contribution in [0.15, 0.2) is 36.4 Å². The van der Waals surface area contributed by atoms with Crippen LogP contribution in [0, 0.1) is 11.3 Å². The Morgan fingerprint density at radius 3 is 2.50 bits per heavy atom. The Hall–Kier alpha value is -2.82. The summed E-state index contributed by atoms with van der Waals surface area (Å²) in [6, 6.07) is 10.7. The Morgan fingerprint density at radius 2 is 1.91 bits per heavy atom. The Balaban J connectivity index is 2.33. The lowest BCUT2D eigenvalue weighted by atomic mass is 9.84. The number of ether oxygens (including phenoxy) is 1. The molecule has 2 aromatic rings. The number of aliphatic hydroxyl groups excluding tert-OH is 1. The van der Waals surface area contributed by atoms with E-state index in [1.54, 1.807) is 24.3 Å². The van der Waals surface area contributed by atoms with Crippen molar-refractivity contribution in [2.45, 2.75) is 6.61 Å². The lowest BCUT2D eigenvalue weighted by Gasteiger charge is -2.10. The minimum absolute atomic E-state index is 0.0477. The maximum Gasteiger partial charge on any atom is 0.337 e. The van der Waals surface area contributed by atoms with Crippen LogP contribution in [0.2, 0.25) is 0 Å². The third kappa shape index (κ3) is 3.26. The maximum absolute atomic E-state index is 11.1. The number of aromatic carboxylic acids is 1. The molecule has 22 heavy (non-hydrogen) atoms. The topological polar surface area (TPSA) is 111 Å².